The van der Waals surface area contributed by atoms with Crippen LogP contribution in [0, 0.1) is 0 Å². The fourth-order valence-electron chi connectivity index (χ4n) is 1.39. The van der Waals surface area contributed by atoms with Crippen LogP contribution < -0.4 is 5.73 Å². The van der Waals surface area contributed by atoms with Crippen LogP contribution in [0.4, 0.5) is 5.82 Å². The van der Waals surface area contributed by atoms with Crippen LogP contribution >= 0.6 is 0 Å². The Hall–Kier alpha value is -1.91. The number of rotatable bonds is 2. The third-order valence-corrected chi connectivity index (χ3v) is 2.09. The number of pyridine rings is 1. The summed E-state index contributed by atoms with van der Waals surface area (Å²) in [6.45, 7) is 4.12. The summed E-state index contributed by atoms with van der Waals surface area (Å²) >= 11 is 0. The van der Waals surface area contributed by atoms with Crippen LogP contribution in [0.5, 0.6) is 0 Å². The van der Waals surface area contributed by atoms with Crippen molar-refractivity contribution in [3.05, 3.63) is 30.4 Å². The molecule has 0 amide bonds. The quantitative estimate of drug-likeness (QED) is 0.800. The van der Waals surface area contributed by atoms with E-state index in [4.69, 9.17) is 5.73 Å². The highest BCUT2D eigenvalue weighted by Gasteiger charge is 2.10. The maximum absolute atomic E-state index is 5.63. The summed E-state index contributed by atoms with van der Waals surface area (Å²) in [7, 11) is 0. The highest BCUT2D eigenvalue weighted by Crippen LogP contribution is 2.15. The normalized spacial score (nSPS) is 10.9. The van der Waals surface area contributed by atoms with Crippen LogP contribution in [-0.4, -0.2) is 19.7 Å². The van der Waals surface area contributed by atoms with Crippen LogP contribution in [0.2, 0.25) is 0 Å². The van der Waals surface area contributed by atoms with Gasteiger partial charge < -0.3 is 5.73 Å². The lowest BCUT2D eigenvalue weighted by Crippen LogP contribution is -2.05. The predicted octanol–water partition coefficient (Wildman–Crippen LogP) is 1.37. The lowest BCUT2D eigenvalue weighted by atomic mass is 10.2. The molecule has 0 radical (unpaired) electrons. The van der Waals surface area contributed by atoms with Crippen LogP contribution in [0.15, 0.2) is 24.5 Å². The standard InChI is InChI=1S/C10H13N5/c1-7(2)10-14-12-6-15(10)9-5-3-4-8(11)13-9/h3-7H,1-2H3,(H2,11,13). The van der Waals surface area contributed by atoms with Gasteiger partial charge in [0.05, 0.1) is 0 Å². The molecule has 2 N–H and O–H groups in total. The first-order chi connectivity index (χ1) is 7.18. The van der Waals surface area contributed by atoms with Crippen molar-refractivity contribution in [3.63, 3.8) is 0 Å². The number of anilines is 1. The minimum Gasteiger partial charge on any atom is -0.384 e. The Bertz CT molecular complexity index is 460. The first-order valence-electron chi connectivity index (χ1n) is 4.81. The highest BCUT2D eigenvalue weighted by molar-refractivity contribution is 5.35. The maximum Gasteiger partial charge on any atom is 0.141 e. The van der Waals surface area contributed by atoms with E-state index in [0.717, 1.165) is 11.6 Å². The zero-order chi connectivity index (χ0) is 10.8. The van der Waals surface area contributed by atoms with Crippen molar-refractivity contribution < 1.29 is 0 Å². The van der Waals surface area contributed by atoms with E-state index in [1.807, 2.05) is 16.7 Å². The fourth-order valence-corrected chi connectivity index (χ4v) is 1.39. The second-order valence-corrected chi connectivity index (χ2v) is 3.63. The van der Waals surface area contributed by atoms with Gasteiger partial charge in [0.25, 0.3) is 0 Å². The van der Waals surface area contributed by atoms with Gasteiger partial charge >= 0.3 is 0 Å². The topological polar surface area (TPSA) is 69.6 Å². The number of nitrogens with zero attached hydrogens (tertiary/aromatic N) is 4. The highest BCUT2D eigenvalue weighted by atomic mass is 15.3. The van der Waals surface area contributed by atoms with Gasteiger partial charge in [0.1, 0.15) is 23.8 Å². The van der Waals surface area contributed by atoms with E-state index in [9.17, 15) is 0 Å². The number of hydrogen-bond donors (Lipinski definition) is 1. The van der Waals surface area contributed by atoms with E-state index >= 15 is 0 Å². The van der Waals surface area contributed by atoms with E-state index in [1.54, 1.807) is 12.4 Å². The summed E-state index contributed by atoms with van der Waals surface area (Å²) in [6.07, 6.45) is 1.65. The number of hydrogen-bond acceptors (Lipinski definition) is 4. The van der Waals surface area contributed by atoms with Crippen molar-refractivity contribution in [2.45, 2.75) is 19.8 Å². The van der Waals surface area contributed by atoms with E-state index in [2.05, 4.69) is 29.0 Å². The molecule has 5 nitrogen and oxygen atoms in total. The fraction of sp³-hybridized carbons (Fsp3) is 0.300. The van der Waals surface area contributed by atoms with Gasteiger partial charge in [0.2, 0.25) is 0 Å². The number of nitrogen functional groups attached to an aromatic ring is 1. The number of aromatic nitrogens is 4. The summed E-state index contributed by atoms with van der Waals surface area (Å²) in [4.78, 5) is 4.22. The molecule has 2 rings (SSSR count). The third-order valence-electron chi connectivity index (χ3n) is 2.09. The van der Waals surface area contributed by atoms with Gasteiger partial charge in [-0.1, -0.05) is 19.9 Å². The monoisotopic (exact) mass is 203 g/mol. The van der Waals surface area contributed by atoms with Crippen LogP contribution in [-0.2, 0) is 0 Å². The van der Waals surface area contributed by atoms with Gasteiger partial charge in [0, 0.05) is 5.92 Å². The summed E-state index contributed by atoms with van der Waals surface area (Å²) in [6, 6.07) is 5.50. The molecular weight excluding hydrogens is 190 g/mol. The number of nitrogens with two attached hydrogens (primary N) is 1. The second-order valence-electron chi connectivity index (χ2n) is 3.63. The molecular formula is C10H13N5. The molecule has 0 saturated carbocycles. The molecule has 5 heteroatoms. The Morgan fingerprint density at radius 1 is 1.33 bits per heavy atom. The van der Waals surface area contributed by atoms with E-state index in [0.29, 0.717) is 11.7 Å². The zero-order valence-electron chi connectivity index (χ0n) is 8.75. The lowest BCUT2D eigenvalue weighted by Gasteiger charge is -2.07. The molecule has 15 heavy (non-hydrogen) atoms. The molecule has 2 aromatic heterocycles. The maximum atomic E-state index is 5.63. The van der Waals surface area contributed by atoms with Gasteiger partial charge in [0.15, 0.2) is 0 Å². The van der Waals surface area contributed by atoms with Crippen LogP contribution in [0.3, 0.4) is 0 Å². The molecule has 0 aliphatic carbocycles. The zero-order valence-corrected chi connectivity index (χ0v) is 8.75. The predicted molar refractivity (Wildman–Crippen MR) is 57.7 cm³/mol. The second kappa shape index (κ2) is 3.68. The van der Waals surface area contributed by atoms with Gasteiger partial charge in [-0.3, -0.25) is 4.57 Å². The largest absolute Gasteiger partial charge is 0.384 e. The summed E-state index contributed by atoms with van der Waals surface area (Å²) in [5, 5.41) is 7.94. The first-order valence-corrected chi connectivity index (χ1v) is 4.81. The van der Waals surface area contributed by atoms with E-state index in [-0.39, 0.29) is 0 Å². The molecule has 0 saturated heterocycles. The summed E-state index contributed by atoms with van der Waals surface area (Å²) < 4.78 is 1.85. The lowest BCUT2D eigenvalue weighted by molar-refractivity contribution is 0.739. The van der Waals surface area contributed by atoms with Gasteiger partial charge in [-0.05, 0) is 12.1 Å². The smallest absolute Gasteiger partial charge is 0.141 e. The summed E-state index contributed by atoms with van der Waals surface area (Å²) in [5.74, 6) is 2.43. The van der Waals surface area contributed by atoms with Gasteiger partial charge in [-0.2, -0.15) is 0 Å². The van der Waals surface area contributed by atoms with Gasteiger partial charge in [-0.25, -0.2) is 4.98 Å². The average molecular weight is 203 g/mol. The summed E-state index contributed by atoms with van der Waals surface area (Å²) in [5.41, 5.74) is 5.63. The van der Waals surface area contributed by atoms with Crippen LogP contribution in [0.25, 0.3) is 5.82 Å². The van der Waals surface area contributed by atoms with Crippen molar-refractivity contribution in [1.29, 1.82) is 0 Å². The molecule has 0 atom stereocenters. The van der Waals surface area contributed by atoms with E-state index < -0.39 is 0 Å². The first kappa shape index (κ1) is 9.64. The molecule has 0 bridgehead atoms. The Morgan fingerprint density at radius 2 is 2.13 bits per heavy atom. The molecule has 0 aromatic carbocycles. The molecule has 2 heterocycles. The minimum atomic E-state index is 0.302. The molecule has 0 spiro atoms. The van der Waals surface area contributed by atoms with Crippen molar-refractivity contribution in [2.24, 2.45) is 0 Å². The molecule has 0 aliphatic rings. The molecule has 0 unspecified atom stereocenters. The van der Waals surface area contributed by atoms with E-state index in [1.165, 1.54) is 0 Å². The van der Waals surface area contributed by atoms with Crippen molar-refractivity contribution in [3.8, 4) is 5.82 Å². The van der Waals surface area contributed by atoms with Crippen molar-refractivity contribution in [1.82, 2.24) is 19.7 Å². The van der Waals surface area contributed by atoms with Gasteiger partial charge in [-0.15, -0.1) is 10.2 Å². The third kappa shape index (κ3) is 1.81. The Kier molecular flexibility index (Phi) is 2.37. The molecule has 0 aliphatic heterocycles. The average Bonchev–Trinajstić information content (AvgIpc) is 2.65. The van der Waals surface area contributed by atoms with Crippen molar-refractivity contribution in [2.75, 3.05) is 5.73 Å². The molecule has 78 valence electrons. The molecule has 2 aromatic rings. The Morgan fingerprint density at radius 3 is 2.80 bits per heavy atom. The minimum absolute atomic E-state index is 0.302. The van der Waals surface area contributed by atoms with Crippen LogP contribution in [0.1, 0.15) is 25.6 Å². The molecule has 0 fully saturated rings. The van der Waals surface area contributed by atoms with Crippen molar-refractivity contribution >= 4 is 5.82 Å². The SMILES string of the molecule is CC(C)c1nncn1-c1cccc(N)n1. The Labute approximate surface area is 88.0 Å². The Balaban J connectivity index is 2.49.